The summed E-state index contributed by atoms with van der Waals surface area (Å²) in [5.41, 5.74) is 0. The van der Waals surface area contributed by atoms with E-state index in [1.54, 1.807) is 0 Å². The van der Waals surface area contributed by atoms with Crippen LogP contribution in [0.3, 0.4) is 0 Å². The Morgan fingerprint density at radius 2 is 2.20 bits per heavy atom. The Kier molecular flexibility index (Phi) is 6.26. The summed E-state index contributed by atoms with van der Waals surface area (Å²) >= 11 is 0. The lowest BCUT2D eigenvalue weighted by atomic mass is 9.89. The zero-order valence-electron chi connectivity index (χ0n) is 12.5. The van der Waals surface area contributed by atoms with Gasteiger partial charge in [0.15, 0.2) is 0 Å². The van der Waals surface area contributed by atoms with Crippen molar-refractivity contribution in [3.8, 4) is 0 Å². The van der Waals surface area contributed by atoms with Gasteiger partial charge < -0.3 is 20.1 Å². The van der Waals surface area contributed by atoms with Crippen LogP contribution in [-0.2, 0) is 9.53 Å². The summed E-state index contributed by atoms with van der Waals surface area (Å²) in [6.45, 7) is 5.04. The maximum absolute atomic E-state index is 12.8. The van der Waals surface area contributed by atoms with Gasteiger partial charge in [-0.05, 0) is 38.6 Å². The van der Waals surface area contributed by atoms with Crippen LogP contribution in [0.15, 0.2) is 0 Å². The topological polar surface area (TPSA) is 61.8 Å². The lowest BCUT2D eigenvalue weighted by Gasteiger charge is -2.39. The molecule has 2 aliphatic rings. The number of amides is 1. The Morgan fingerprint density at radius 1 is 1.40 bits per heavy atom. The highest BCUT2D eigenvalue weighted by Gasteiger charge is 2.39. The number of aliphatic hydroxyl groups is 1. The van der Waals surface area contributed by atoms with E-state index < -0.39 is 0 Å². The standard InChI is InChI=1S/C15H28N2O3/c1-2-7-16-14-11-20-10-13(14)15(19)17(8-4-9-18)12-5-3-6-12/h12-14,16,18H,2-11H2,1H3. The Bertz CT molecular complexity index is 307. The third-order valence-corrected chi connectivity index (χ3v) is 4.41. The van der Waals surface area contributed by atoms with Crippen LogP contribution in [0.25, 0.3) is 0 Å². The van der Waals surface area contributed by atoms with Crippen LogP contribution < -0.4 is 5.32 Å². The number of nitrogens with zero attached hydrogens (tertiary/aromatic N) is 1. The highest BCUT2D eigenvalue weighted by molar-refractivity contribution is 5.80. The van der Waals surface area contributed by atoms with Crippen LogP contribution in [0.2, 0.25) is 0 Å². The molecule has 1 aliphatic carbocycles. The molecular weight excluding hydrogens is 256 g/mol. The maximum Gasteiger partial charge on any atom is 0.229 e. The highest BCUT2D eigenvalue weighted by atomic mass is 16.5. The van der Waals surface area contributed by atoms with E-state index in [9.17, 15) is 4.79 Å². The summed E-state index contributed by atoms with van der Waals surface area (Å²) in [7, 11) is 0. The van der Waals surface area contributed by atoms with Gasteiger partial charge in [0.1, 0.15) is 0 Å². The molecule has 2 N–H and O–H groups in total. The second kappa shape index (κ2) is 7.96. The summed E-state index contributed by atoms with van der Waals surface area (Å²) in [4.78, 5) is 14.8. The molecule has 5 heteroatoms. The Morgan fingerprint density at radius 3 is 2.80 bits per heavy atom. The van der Waals surface area contributed by atoms with Crippen molar-refractivity contribution in [2.45, 2.75) is 51.1 Å². The largest absolute Gasteiger partial charge is 0.396 e. The molecule has 1 saturated heterocycles. The van der Waals surface area contributed by atoms with Crippen LogP contribution in [0, 0.1) is 5.92 Å². The predicted molar refractivity (Wildman–Crippen MR) is 77.4 cm³/mol. The summed E-state index contributed by atoms with van der Waals surface area (Å²) < 4.78 is 5.51. The van der Waals surface area contributed by atoms with Crippen LogP contribution in [-0.4, -0.2) is 60.9 Å². The van der Waals surface area contributed by atoms with E-state index in [-0.39, 0.29) is 24.5 Å². The van der Waals surface area contributed by atoms with Crippen molar-refractivity contribution in [3.63, 3.8) is 0 Å². The third kappa shape index (κ3) is 3.71. The van der Waals surface area contributed by atoms with Crippen LogP contribution in [0.4, 0.5) is 0 Å². The third-order valence-electron chi connectivity index (χ3n) is 4.41. The molecule has 5 nitrogen and oxygen atoms in total. The number of rotatable bonds is 8. The van der Waals surface area contributed by atoms with Crippen molar-refractivity contribution in [3.05, 3.63) is 0 Å². The first-order chi connectivity index (χ1) is 9.77. The SMILES string of the molecule is CCCNC1COCC1C(=O)N(CCCO)C1CCC1. The lowest BCUT2D eigenvalue weighted by Crippen LogP contribution is -2.51. The quantitative estimate of drug-likeness (QED) is 0.691. The molecule has 116 valence electrons. The lowest BCUT2D eigenvalue weighted by molar-refractivity contribution is -0.140. The first-order valence-electron chi connectivity index (χ1n) is 8.00. The van der Waals surface area contributed by atoms with E-state index in [4.69, 9.17) is 9.84 Å². The van der Waals surface area contributed by atoms with Crippen molar-refractivity contribution in [1.82, 2.24) is 10.2 Å². The Hall–Kier alpha value is -0.650. The fraction of sp³-hybridized carbons (Fsp3) is 0.933. The van der Waals surface area contributed by atoms with E-state index in [0.29, 0.717) is 32.2 Å². The molecule has 1 heterocycles. The minimum atomic E-state index is -0.0548. The molecule has 0 radical (unpaired) electrons. The molecule has 0 spiro atoms. The second-order valence-corrected chi connectivity index (χ2v) is 5.90. The molecule has 0 bridgehead atoms. The number of ether oxygens (including phenoxy) is 1. The Labute approximate surface area is 121 Å². The molecule has 2 fully saturated rings. The van der Waals surface area contributed by atoms with Crippen molar-refractivity contribution in [1.29, 1.82) is 0 Å². The van der Waals surface area contributed by atoms with Crippen molar-refractivity contribution in [2.75, 3.05) is 32.9 Å². The van der Waals surface area contributed by atoms with Gasteiger partial charge in [0.2, 0.25) is 5.91 Å². The van der Waals surface area contributed by atoms with E-state index >= 15 is 0 Å². The number of aliphatic hydroxyl groups excluding tert-OH is 1. The smallest absolute Gasteiger partial charge is 0.229 e. The molecule has 0 aromatic carbocycles. The Balaban J connectivity index is 1.94. The number of hydrogen-bond acceptors (Lipinski definition) is 4. The zero-order valence-corrected chi connectivity index (χ0v) is 12.5. The van der Waals surface area contributed by atoms with Gasteiger partial charge in [-0.3, -0.25) is 4.79 Å². The fourth-order valence-corrected chi connectivity index (χ4v) is 2.95. The molecular formula is C15H28N2O3. The molecule has 0 aromatic rings. The zero-order chi connectivity index (χ0) is 14.4. The van der Waals surface area contributed by atoms with E-state index in [0.717, 1.165) is 25.8 Å². The van der Waals surface area contributed by atoms with Gasteiger partial charge >= 0.3 is 0 Å². The van der Waals surface area contributed by atoms with Gasteiger partial charge in [-0.15, -0.1) is 0 Å². The van der Waals surface area contributed by atoms with E-state index in [1.165, 1.54) is 6.42 Å². The molecule has 2 atom stereocenters. The van der Waals surface area contributed by atoms with E-state index in [2.05, 4.69) is 12.2 Å². The molecule has 2 unspecified atom stereocenters. The maximum atomic E-state index is 12.8. The number of nitrogens with one attached hydrogen (secondary N) is 1. The van der Waals surface area contributed by atoms with Crippen LogP contribution in [0.5, 0.6) is 0 Å². The first-order valence-corrected chi connectivity index (χ1v) is 8.00. The number of carbonyl (C=O) groups is 1. The normalized spacial score (nSPS) is 26.5. The number of hydrogen-bond donors (Lipinski definition) is 2. The summed E-state index contributed by atoms with van der Waals surface area (Å²) in [5, 5.41) is 12.5. The minimum Gasteiger partial charge on any atom is -0.396 e. The highest BCUT2D eigenvalue weighted by Crippen LogP contribution is 2.28. The van der Waals surface area contributed by atoms with Gasteiger partial charge in [-0.2, -0.15) is 0 Å². The average molecular weight is 284 g/mol. The molecule has 1 amide bonds. The van der Waals surface area contributed by atoms with Gasteiger partial charge in [0, 0.05) is 25.2 Å². The summed E-state index contributed by atoms with van der Waals surface area (Å²) in [6, 6.07) is 0.542. The first kappa shape index (κ1) is 15.7. The van der Waals surface area contributed by atoms with Crippen LogP contribution in [0.1, 0.15) is 39.0 Å². The number of carbonyl (C=O) groups excluding carboxylic acids is 1. The minimum absolute atomic E-state index is 0.0548. The van der Waals surface area contributed by atoms with Crippen molar-refractivity contribution >= 4 is 5.91 Å². The monoisotopic (exact) mass is 284 g/mol. The fourth-order valence-electron chi connectivity index (χ4n) is 2.95. The predicted octanol–water partition coefficient (Wildman–Crippen LogP) is 0.764. The van der Waals surface area contributed by atoms with Crippen molar-refractivity contribution < 1.29 is 14.6 Å². The summed E-state index contributed by atoms with van der Waals surface area (Å²) in [5.74, 6) is 0.162. The molecule has 1 aliphatic heterocycles. The summed E-state index contributed by atoms with van der Waals surface area (Å²) in [6.07, 6.45) is 5.17. The molecule has 20 heavy (non-hydrogen) atoms. The molecule has 0 aromatic heterocycles. The van der Waals surface area contributed by atoms with Gasteiger partial charge in [0.05, 0.1) is 19.1 Å². The van der Waals surface area contributed by atoms with Crippen molar-refractivity contribution in [2.24, 2.45) is 5.92 Å². The van der Waals surface area contributed by atoms with Gasteiger partial charge in [0.25, 0.3) is 0 Å². The molecule has 2 rings (SSSR count). The van der Waals surface area contributed by atoms with Gasteiger partial charge in [-0.25, -0.2) is 0 Å². The van der Waals surface area contributed by atoms with Gasteiger partial charge in [-0.1, -0.05) is 6.92 Å². The molecule has 1 saturated carbocycles. The second-order valence-electron chi connectivity index (χ2n) is 5.90. The average Bonchev–Trinajstić information content (AvgIpc) is 2.86. The van der Waals surface area contributed by atoms with E-state index in [1.807, 2.05) is 4.90 Å². The van der Waals surface area contributed by atoms with Crippen LogP contribution >= 0.6 is 0 Å².